The SMILES string of the molecule is Cc1ccc(C[C@H](NC(=O)OC[C@@H]2CCCCCN2C(=O)OC(C)(C)C)B2O[C@@H]3C[C@@H]4C[C@@H](C4(C)C)[C@]3(C)O2)cc1. The quantitative estimate of drug-likeness (QED) is 0.419. The van der Waals surface area contributed by atoms with Crippen LogP contribution < -0.4 is 5.32 Å². The lowest BCUT2D eigenvalue weighted by atomic mass is 9.43. The summed E-state index contributed by atoms with van der Waals surface area (Å²) >= 11 is 0. The molecule has 1 N–H and O–H groups in total. The molecule has 0 spiro atoms. The number of amides is 2. The number of likely N-dealkylation sites (tertiary alicyclic amines) is 1. The van der Waals surface area contributed by atoms with Crippen LogP contribution in [0.2, 0.25) is 0 Å². The average molecular weight is 569 g/mol. The zero-order valence-electron chi connectivity index (χ0n) is 26.0. The van der Waals surface area contributed by atoms with E-state index < -0.39 is 24.8 Å². The number of rotatable bonds is 6. The summed E-state index contributed by atoms with van der Waals surface area (Å²) in [4.78, 5) is 28.0. The molecule has 2 aliphatic heterocycles. The van der Waals surface area contributed by atoms with Crippen LogP contribution in [0.25, 0.3) is 0 Å². The molecule has 6 atom stereocenters. The minimum absolute atomic E-state index is 0.0241. The van der Waals surface area contributed by atoms with E-state index in [-0.39, 0.29) is 35.9 Å². The number of ether oxygens (including phenoxy) is 2. The first kappa shape index (κ1) is 30.2. The third-order valence-corrected chi connectivity index (χ3v) is 10.1. The van der Waals surface area contributed by atoms with E-state index in [2.05, 4.69) is 57.3 Å². The van der Waals surface area contributed by atoms with Crippen molar-refractivity contribution >= 4 is 19.3 Å². The van der Waals surface area contributed by atoms with Crippen LogP contribution in [0.4, 0.5) is 9.59 Å². The lowest BCUT2D eigenvalue weighted by Crippen LogP contribution is -2.65. The Labute approximate surface area is 246 Å². The highest BCUT2D eigenvalue weighted by molar-refractivity contribution is 6.47. The van der Waals surface area contributed by atoms with Crippen LogP contribution in [0.1, 0.15) is 91.2 Å². The number of benzene rings is 1. The van der Waals surface area contributed by atoms with E-state index >= 15 is 0 Å². The summed E-state index contributed by atoms with van der Waals surface area (Å²) in [7, 11) is -0.565. The second-order valence-corrected chi connectivity index (χ2v) is 14.6. The molecule has 5 fully saturated rings. The molecule has 3 aliphatic carbocycles. The van der Waals surface area contributed by atoms with Gasteiger partial charge in [-0.05, 0) is 89.5 Å². The van der Waals surface area contributed by atoms with Crippen LogP contribution in [0.3, 0.4) is 0 Å². The first-order valence-corrected chi connectivity index (χ1v) is 15.6. The normalized spacial score (nSPS) is 31.4. The maximum absolute atomic E-state index is 13.3. The van der Waals surface area contributed by atoms with Crippen molar-refractivity contribution in [2.75, 3.05) is 13.2 Å². The summed E-state index contributed by atoms with van der Waals surface area (Å²) in [5, 5.41) is 3.09. The van der Waals surface area contributed by atoms with E-state index in [0.717, 1.165) is 37.7 Å². The van der Waals surface area contributed by atoms with Gasteiger partial charge in [-0.15, -0.1) is 0 Å². The minimum atomic E-state index is -0.583. The summed E-state index contributed by atoms with van der Waals surface area (Å²) in [5.74, 6) is 0.669. The second kappa shape index (κ2) is 11.4. The standard InChI is InChI=1S/C32H49BN2O6/c1-21-12-14-22(15-13-21)17-27(33-40-26-19-23-18-25(31(23,5)6)32(26,7)41-33)34-28(36)38-20-24-11-9-8-10-16-35(24)29(37)39-30(2,3)4/h12-15,23-27H,8-11,16-20H2,1-7H3,(H,34,36)/t23-,24-,25-,26+,27-,32-/m0/s1. The molecule has 3 saturated carbocycles. The molecule has 8 nitrogen and oxygen atoms in total. The number of hydrogen-bond donors (Lipinski definition) is 1. The first-order chi connectivity index (χ1) is 19.3. The Hall–Kier alpha value is -2.26. The molecule has 0 radical (unpaired) electrons. The lowest BCUT2D eigenvalue weighted by Gasteiger charge is -2.64. The van der Waals surface area contributed by atoms with Gasteiger partial charge in [0.1, 0.15) is 12.2 Å². The van der Waals surface area contributed by atoms with E-state index in [1.165, 1.54) is 12.0 Å². The molecule has 41 heavy (non-hydrogen) atoms. The monoisotopic (exact) mass is 568 g/mol. The second-order valence-electron chi connectivity index (χ2n) is 14.6. The molecule has 226 valence electrons. The molecule has 2 saturated heterocycles. The lowest BCUT2D eigenvalue weighted by molar-refractivity contribution is -0.199. The number of nitrogens with zero attached hydrogens (tertiary/aromatic N) is 1. The maximum Gasteiger partial charge on any atom is 0.482 e. The van der Waals surface area contributed by atoms with E-state index in [1.807, 2.05) is 20.8 Å². The summed E-state index contributed by atoms with van der Waals surface area (Å²) in [6.07, 6.45) is 5.57. The predicted molar refractivity (Wildman–Crippen MR) is 158 cm³/mol. The van der Waals surface area contributed by atoms with Gasteiger partial charge in [0.2, 0.25) is 0 Å². The highest BCUT2D eigenvalue weighted by atomic mass is 16.7. The van der Waals surface area contributed by atoms with Crippen molar-refractivity contribution in [3.8, 4) is 0 Å². The Morgan fingerprint density at radius 3 is 2.54 bits per heavy atom. The van der Waals surface area contributed by atoms with Gasteiger partial charge in [0.25, 0.3) is 0 Å². The van der Waals surface area contributed by atoms with E-state index in [0.29, 0.717) is 24.8 Å². The largest absolute Gasteiger partial charge is 0.482 e. The first-order valence-electron chi connectivity index (χ1n) is 15.6. The fraction of sp³-hybridized carbons (Fsp3) is 0.750. The number of carbonyl (C=O) groups is 2. The third-order valence-electron chi connectivity index (χ3n) is 10.1. The Morgan fingerprint density at radius 1 is 1.12 bits per heavy atom. The fourth-order valence-electron chi connectivity index (χ4n) is 7.54. The summed E-state index contributed by atoms with van der Waals surface area (Å²) in [6.45, 7) is 15.3. The Morgan fingerprint density at radius 2 is 1.85 bits per heavy atom. The molecule has 9 heteroatoms. The van der Waals surface area contributed by atoms with Gasteiger partial charge in [-0.3, -0.25) is 0 Å². The van der Waals surface area contributed by atoms with Crippen LogP contribution in [0, 0.1) is 24.2 Å². The van der Waals surface area contributed by atoms with Gasteiger partial charge in [0.15, 0.2) is 0 Å². The molecule has 1 aromatic carbocycles. The van der Waals surface area contributed by atoms with Gasteiger partial charge < -0.3 is 29.0 Å². The topological polar surface area (TPSA) is 86.3 Å². The average Bonchev–Trinajstić information content (AvgIpc) is 3.07. The van der Waals surface area contributed by atoms with Crippen molar-refractivity contribution in [1.82, 2.24) is 10.2 Å². The van der Waals surface area contributed by atoms with Crippen LogP contribution in [0.15, 0.2) is 24.3 Å². The van der Waals surface area contributed by atoms with Gasteiger partial charge in [0.05, 0.1) is 23.7 Å². The van der Waals surface area contributed by atoms with Crippen molar-refractivity contribution < 1.29 is 28.4 Å². The van der Waals surface area contributed by atoms with Gasteiger partial charge in [-0.1, -0.05) is 56.5 Å². The van der Waals surface area contributed by atoms with Crippen LogP contribution in [-0.2, 0) is 25.2 Å². The number of alkyl carbamates (subject to hydrolysis) is 1. The van der Waals surface area contributed by atoms with Crippen molar-refractivity contribution in [1.29, 1.82) is 0 Å². The summed E-state index contributed by atoms with van der Waals surface area (Å²) in [6, 6.07) is 8.11. The molecular formula is C32H49BN2O6. The van der Waals surface area contributed by atoms with Gasteiger partial charge in [-0.2, -0.15) is 0 Å². The van der Waals surface area contributed by atoms with Crippen molar-refractivity contribution in [2.24, 2.45) is 17.3 Å². The van der Waals surface area contributed by atoms with Gasteiger partial charge in [0, 0.05) is 6.54 Å². The van der Waals surface area contributed by atoms with Gasteiger partial charge in [-0.25, -0.2) is 9.59 Å². The number of aryl methyl sites for hydroxylation is 1. The molecule has 5 aliphatic rings. The van der Waals surface area contributed by atoms with Crippen molar-refractivity contribution in [2.45, 2.75) is 123 Å². The molecular weight excluding hydrogens is 519 g/mol. The van der Waals surface area contributed by atoms with Crippen LogP contribution in [0.5, 0.6) is 0 Å². The zero-order chi connectivity index (χ0) is 29.6. The van der Waals surface area contributed by atoms with Crippen molar-refractivity contribution in [3.63, 3.8) is 0 Å². The number of carbonyl (C=O) groups excluding carboxylic acids is 2. The summed E-state index contributed by atoms with van der Waals surface area (Å²) in [5.41, 5.74) is 1.57. The number of nitrogens with one attached hydrogen (secondary N) is 1. The summed E-state index contributed by atoms with van der Waals surface area (Å²) < 4.78 is 24.8. The zero-order valence-corrected chi connectivity index (χ0v) is 26.0. The maximum atomic E-state index is 13.3. The molecule has 0 aromatic heterocycles. The van der Waals surface area contributed by atoms with E-state index in [4.69, 9.17) is 18.8 Å². The highest BCUT2D eigenvalue weighted by Crippen LogP contribution is 2.65. The molecule has 2 heterocycles. The van der Waals surface area contributed by atoms with E-state index in [1.54, 1.807) is 4.90 Å². The molecule has 2 amide bonds. The van der Waals surface area contributed by atoms with E-state index in [9.17, 15) is 9.59 Å². The highest BCUT2D eigenvalue weighted by Gasteiger charge is 2.68. The Bertz CT molecular complexity index is 1100. The molecule has 6 rings (SSSR count). The van der Waals surface area contributed by atoms with Gasteiger partial charge >= 0.3 is 19.3 Å². The number of hydrogen-bond acceptors (Lipinski definition) is 6. The van der Waals surface area contributed by atoms with Crippen LogP contribution in [-0.4, -0.2) is 66.6 Å². The van der Waals surface area contributed by atoms with Crippen LogP contribution >= 0.6 is 0 Å². The Balaban J connectivity index is 1.26. The predicted octanol–water partition coefficient (Wildman–Crippen LogP) is 6.08. The fourth-order valence-corrected chi connectivity index (χ4v) is 7.54. The molecule has 1 aromatic rings. The minimum Gasteiger partial charge on any atom is -0.447 e. The third kappa shape index (κ3) is 6.41. The smallest absolute Gasteiger partial charge is 0.447 e. The molecule has 2 bridgehead atoms. The van der Waals surface area contributed by atoms with Crippen molar-refractivity contribution in [3.05, 3.63) is 35.4 Å². The Kier molecular flexibility index (Phi) is 8.43. The molecule has 0 unspecified atom stereocenters.